The minimum atomic E-state index is -0.816. The van der Waals surface area contributed by atoms with Crippen molar-refractivity contribution in [1.82, 2.24) is 15.1 Å². The molecule has 2 aromatic rings. The third kappa shape index (κ3) is 4.96. The Kier molecular flexibility index (Phi) is 6.77. The van der Waals surface area contributed by atoms with Gasteiger partial charge < -0.3 is 10.4 Å². The van der Waals surface area contributed by atoms with Crippen molar-refractivity contribution in [3.8, 4) is 5.69 Å². The van der Waals surface area contributed by atoms with Gasteiger partial charge in [0.15, 0.2) is 0 Å². The van der Waals surface area contributed by atoms with Crippen molar-refractivity contribution in [2.75, 3.05) is 0 Å². The number of nitrogens with one attached hydrogen (secondary N) is 1. The first-order valence-electron chi connectivity index (χ1n) is 9.42. The Balaban J connectivity index is 2.19. The second kappa shape index (κ2) is 8.84. The van der Waals surface area contributed by atoms with E-state index in [0.29, 0.717) is 17.9 Å². The molecule has 6 nitrogen and oxygen atoms in total. The van der Waals surface area contributed by atoms with E-state index in [1.54, 1.807) is 16.8 Å². The molecule has 146 valence electrons. The van der Waals surface area contributed by atoms with Crippen molar-refractivity contribution < 1.29 is 14.7 Å². The lowest BCUT2D eigenvalue weighted by Crippen LogP contribution is -2.37. The van der Waals surface area contributed by atoms with Crippen LogP contribution in [-0.4, -0.2) is 32.8 Å². The van der Waals surface area contributed by atoms with Gasteiger partial charge in [0.1, 0.15) is 0 Å². The van der Waals surface area contributed by atoms with Gasteiger partial charge in [-0.2, -0.15) is 5.10 Å². The average Bonchev–Trinajstić information content (AvgIpc) is 2.91. The number of rotatable bonds is 8. The van der Waals surface area contributed by atoms with Crippen molar-refractivity contribution in [1.29, 1.82) is 0 Å². The van der Waals surface area contributed by atoms with Crippen molar-refractivity contribution in [2.24, 2.45) is 5.92 Å². The smallest absolute Gasteiger partial charge is 0.303 e. The fourth-order valence-electron chi connectivity index (χ4n) is 3.27. The summed E-state index contributed by atoms with van der Waals surface area (Å²) in [5.41, 5.74) is 4.19. The second-order valence-electron chi connectivity index (χ2n) is 7.23. The molecular formula is C21H29N3O3. The molecule has 0 aliphatic carbocycles. The highest BCUT2D eigenvalue weighted by Gasteiger charge is 2.17. The molecule has 0 spiro atoms. The molecule has 1 atom stereocenters. The summed E-state index contributed by atoms with van der Waals surface area (Å²) in [4.78, 5) is 23.3. The van der Waals surface area contributed by atoms with E-state index >= 15 is 0 Å². The number of carbonyl (C=O) groups is 2. The third-order valence-corrected chi connectivity index (χ3v) is 4.97. The van der Waals surface area contributed by atoms with Crippen LogP contribution in [0.5, 0.6) is 0 Å². The SMILES string of the molecule is CCC(NC(=O)c1ccc(-n2nc(C)c(CCC(=O)O)c2C)cc1)C(C)C. The van der Waals surface area contributed by atoms with Gasteiger partial charge in [0.25, 0.3) is 5.91 Å². The molecule has 2 N–H and O–H groups in total. The molecule has 0 saturated carbocycles. The normalized spacial score (nSPS) is 12.2. The number of carboxylic acids is 1. The predicted molar refractivity (Wildman–Crippen MR) is 105 cm³/mol. The van der Waals surface area contributed by atoms with Crippen molar-refractivity contribution in [2.45, 2.75) is 59.9 Å². The number of aryl methyl sites for hydroxylation is 1. The van der Waals surface area contributed by atoms with Crippen molar-refractivity contribution >= 4 is 11.9 Å². The zero-order chi connectivity index (χ0) is 20.1. The van der Waals surface area contributed by atoms with Crippen molar-refractivity contribution in [3.05, 3.63) is 46.8 Å². The minimum Gasteiger partial charge on any atom is -0.481 e. The standard InChI is InChI=1S/C21H29N3O3/c1-6-19(13(2)3)22-21(27)16-7-9-17(10-8-16)24-15(5)18(14(4)23-24)11-12-20(25)26/h7-10,13,19H,6,11-12H2,1-5H3,(H,22,27)(H,25,26). The van der Waals surface area contributed by atoms with Crippen LogP contribution < -0.4 is 5.32 Å². The molecule has 1 aromatic carbocycles. The van der Waals surface area contributed by atoms with Gasteiger partial charge in [0, 0.05) is 23.7 Å². The number of amides is 1. The monoisotopic (exact) mass is 371 g/mol. The molecule has 0 saturated heterocycles. The molecule has 1 amide bonds. The Morgan fingerprint density at radius 1 is 1.19 bits per heavy atom. The molecule has 1 aromatic heterocycles. The van der Waals surface area contributed by atoms with Crippen LogP contribution in [0.3, 0.4) is 0 Å². The third-order valence-electron chi connectivity index (χ3n) is 4.97. The summed E-state index contributed by atoms with van der Waals surface area (Å²) in [5, 5.41) is 16.5. The predicted octanol–water partition coefficient (Wildman–Crippen LogP) is 3.67. The second-order valence-corrected chi connectivity index (χ2v) is 7.23. The summed E-state index contributed by atoms with van der Waals surface area (Å²) in [6.07, 6.45) is 1.44. The van der Waals surface area contributed by atoms with Gasteiger partial charge in [-0.05, 0) is 62.4 Å². The zero-order valence-corrected chi connectivity index (χ0v) is 16.7. The van der Waals surface area contributed by atoms with Gasteiger partial charge >= 0.3 is 5.97 Å². The highest BCUT2D eigenvalue weighted by molar-refractivity contribution is 5.94. The van der Waals surface area contributed by atoms with Gasteiger partial charge in [-0.15, -0.1) is 0 Å². The number of aromatic nitrogens is 2. The van der Waals surface area contributed by atoms with E-state index in [1.165, 1.54) is 0 Å². The van der Waals surface area contributed by atoms with Crippen molar-refractivity contribution in [3.63, 3.8) is 0 Å². The van der Waals surface area contributed by atoms with Gasteiger partial charge in [-0.1, -0.05) is 20.8 Å². The molecule has 0 aliphatic heterocycles. The topological polar surface area (TPSA) is 84.2 Å². The van der Waals surface area contributed by atoms with Crippen LogP contribution in [-0.2, 0) is 11.2 Å². The molecule has 6 heteroatoms. The van der Waals surface area contributed by atoms with E-state index in [0.717, 1.165) is 29.1 Å². The molecule has 0 radical (unpaired) electrons. The first-order chi connectivity index (χ1) is 12.7. The van der Waals surface area contributed by atoms with Crippen LogP contribution in [0.2, 0.25) is 0 Å². The van der Waals surface area contributed by atoms with Gasteiger partial charge in [0.05, 0.1) is 11.4 Å². The average molecular weight is 371 g/mol. The molecule has 0 aliphatic rings. The van der Waals surface area contributed by atoms with Gasteiger partial charge in [-0.25, -0.2) is 4.68 Å². The molecule has 0 fully saturated rings. The van der Waals surface area contributed by atoms with E-state index < -0.39 is 5.97 Å². The molecule has 1 heterocycles. The summed E-state index contributed by atoms with van der Waals surface area (Å²) in [6, 6.07) is 7.48. The zero-order valence-electron chi connectivity index (χ0n) is 16.7. The van der Waals surface area contributed by atoms with Crippen LogP contribution >= 0.6 is 0 Å². The summed E-state index contributed by atoms with van der Waals surface area (Å²) in [5.74, 6) is -0.501. The lowest BCUT2D eigenvalue weighted by atomic mass is 10.0. The van der Waals surface area contributed by atoms with Crippen LogP contribution in [0.25, 0.3) is 5.69 Å². The van der Waals surface area contributed by atoms with Gasteiger partial charge in [-0.3, -0.25) is 9.59 Å². The first-order valence-corrected chi connectivity index (χ1v) is 9.42. The summed E-state index contributed by atoms with van der Waals surface area (Å²) >= 11 is 0. The summed E-state index contributed by atoms with van der Waals surface area (Å²) in [7, 11) is 0. The quantitative estimate of drug-likeness (QED) is 0.741. The molecule has 27 heavy (non-hydrogen) atoms. The fraction of sp³-hybridized carbons (Fsp3) is 0.476. The van der Waals surface area contributed by atoms with Crippen LogP contribution in [0.4, 0.5) is 0 Å². The number of aliphatic carboxylic acids is 1. The van der Waals surface area contributed by atoms with Crippen LogP contribution in [0, 0.1) is 19.8 Å². The summed E-state index contributed by atoms with van der Waals surface area (Å²) < 4.78 is 1.80. The van der Waals surface area contributed by atoms with E-state index in [1.807, 2.05) is 26.0 Å². The maximum absolute atomic E-state index is 12.5. The Morgan fingerprint density at radius 2 is 1.81 bits per heavy atom. The summed E-state index contributed by atoms with van der Waals surface area (Å²) in [6.45, 7) is 10.1. The Morgan fingerprint density at radius 3 is 2.33 bits per heavy atom. The maximum Gasteiger partial charge on any atom is 0.303 e. The van der Waals surface area contributed by atoms with Gasteiger partial charge in [0.2, 0.25) is 0 Å². The van der Waals surface area contributed by atoms with E-state index in [-0.39, 0.29) is 18.4 Å². The Hall–Kier alpha value is -2.63. The molecular weight excluding hydrogens is 342 g/mol. The molecule has 0 bridgehead atoms. The van der Waals surface area contributed by atoms with E-state index in [2.05, 4.69) is 31.2 Å². The minimum absolute atomic E-state index is 0.0717. The lowest BCUT2D eigenvalue weighted by molar-refractivity contribution is -0.136. The fourth-order valence-corrected chi connectivity index (χ4v) is 3.27. The number of benzene rings is 1. The number of carboxylic acid groups (broad SMARTS) is 1. The van der Waals surface area contributed by atoms with Crippen LogP contribution in [0.1, 0.15) is 60.9 Å². The van der Waals surface area contributed by atoms with E-state index in [9.17, 15) is 9.59 Å². The Labute approximate surface area is 160 Å². The highest BCUT2D eigenvalue weighted by Crippen LogP contribution is 2.20. The number of carbonyl (C=O) groups excluding carboxylic acids is 1. The molecule has 1 unspecified atom stereocenters. The van der Waals surface area contributed by atoms with Crippen LogP contribution in [0.15, 0.2) is 24.3 Å². The lowest BCUT2D eigenvalue weighted by Gasteiger charge is -2.20. The first kappa shape index (κ1) is 20.7. The largest absolute Gasteiger partial charge is 0.481 e. The maximum atomic E-state index is 12.5. The number of nitrogens with zero attached hydrogens (tertiary/aromatic N) is 2. The highest BCUT2D eigenvalue weighted by atomic mass is 16.4. The molecule has 2 rings (SSSR count). The number of hydrogen-bond acceptors (Lipinski definition) is 3. The van der Waals surface area contributed by atoms with E-state index in [4.69, 9.17) is 5.11 Å². The Bertz CT molecular complexity index is 807. The number of hydrogen-bond donors (Lipinski definition) is 2.